The minimum Gasteiger partial charge on any atom is -0.509 e. The van der Waals surface area contributed by atoms with Crippen LogP contribution in [0.2, 0.25) is 0 Å². The number of fused-ring (bicyclic) bond motifs is 3. The van der Waals surface area contributed by atoms with Gasteiger partial charge in [0.15, 0.2) is 0 Å². The normalized spacial score (nSPS) is 11.9. The van der Waals surface area contributed by atoms with E-state index in [9.17, 15) is 0 Å². The van der Waals surface area contributed by atoms with Gasteiger partial charge in [0.25, 0.3) is 0 Å². The second kappa shape index (κ2) is 14.1. The Hall–Kier alpha value is -4.50. The van der Waals surface area contributed by atoms with Crippen molar-refractivity contribution in [3.8, 4) is 34.1 Å². The molecule has 0 unspecified atom stereocenters. The van der Waals surface area contributed by atoms with Gasteiger partial charge in [0.05, 0.1) is 5.69 Å². The molecular formula is C46H48N4OPd. The van der Waals surface area contributed by atoms with Gasteiger partial charge >= 0.3 is 20.4 Å². The van der Waals surface area contributed by atoms with Gasteiger partial charge in [0.2, 0.25) is 0 Å². The van der Waals surface area contributed by atoms with Gasteiger partial charge in [0.1, 0.15) is 5.82 Å². The molecule has 7 aromatic rings. The molecule has 3 aromatic heterocycles. The predicted molar refractivity (Wildman–Crippen MR) is 211 cm³/mol. The fraction of sp³-hybridized carbons (Fsp3) is 0.304. The Kier molecular flexibility index (Phi) is 10.1. The molecule has 0 amide bonds. The molecule has 268 valence electrons. The molecule has 5 nitrogen and oxygen atoms in total. The first-order valence-corrected chi connectivity index (χ1v) is 18.1. The molecule has 0 fully saturated rings. The van der Waals surface area contributed by atoms with Crippen molar-refractivity contribution in [1.82, 2.24) is 19.3 Å². The summed E-state index contributed by atoms with van der Waals surface area (Å²) in [4.78, 5) is 4.81. The first kappa shape index (κ1) is 37.3. The fourth-order valence-electron chi connectivity index (χ4n) is 7.30. The Morgan fingerprint density at radius 1 is 0.712 bits per heavy atom. The Balaban J connectivity index is 0.00000464. The molecule has 6 heteroatoms. The van der Waals surface area contributed by atoms with Gasteiger partial charge in [-0.3, -0.25) is 4.68 Å². The van der Waals surface area contributed by atoms with Crippen molar-refractivity contribution < 1.29 is 25.2 Å². The van der Waals surface area contributed by atoms with Gasteiger partial charge in [-0.2, -0.15) is 11.2 Å². The summed E-state index contributed by atoms with van der Waals surface area (Å²) in [6, 6.07) is 33.0. The summed E-state index contributed by atoms with van der Waals surface area (Å²) in [5, 5.41) is 7.36. The monoisotopic (exact) mass is 778 g/mol. The summed E-state index contributed by atoms with van der Waals surface area (Å²) in [7, 11) is 0. The van der Waals surface area contributed by atoms with Gasteiger partial charge in [0, 0.05) is 34.5 Å². The van der Waals surface area contributed by atoms with E-state index in [2.05, 4.69) is 160 Å². The van der Waals surface area contributed by atoms with E-state index in [1.807, 2.05) is 16.9 Å². The summed E-state index contributed by atoms with van der Waals surface area (Å²) < 4.78 is 10.9. The van der Waals surface area contributed by atoms with Crippen molar-refractivity contribution in [2.24, 2.45) is 0 Å². The van der Waals surface area contributed by atoms with Gasteiger partial charge in [-0.05, 0) is 102 Å². The third-order valence-electron chi connectivity index (χ3n) is 10.1. The molecule has 0 atom stereocenters. The molecule has 4 aromatic carbocycles. The Bertz CT molecular complexity index is 2420. The first-order chi connectivity index (χ1) is 24.2. The summed E-state index contributed by atoms with van der Waals surface area (Å²) in [6.07, 6.45) is 1.90. The molecule has 0 aliphatic carbocycles. The number of ether oxygens (including phenoxy) is 1. The Morgan fingerprint density at radius 3 is 2.08 bits per heavy atom. The minimum absolute atomic E-state index is 0. The zero-order chi connectivity index (χ0) is 36.4. The molecule has 7 rings (SSSR count). The molecule has 0 aliphatic heterocycles. The number of hydrogen-bond donors (Lipinski definition) is 0. The first-order valence-electron chi connectivity index (χ1n) is 18.1. The van der Waals surface area contributed by atoms with E-state index in [-0.39, 0.29) is 25.8 Å². The predicted octanol–water partition coefficient (Wildman–Crippen LogP) is 12.2. The van der Waals surface area contributed by atoms with Crippen LogP contribution in [0.5, 0.6) is 11.5 Å². The molecular weight excluding hydrogens is 731 g/mol. The van der Waals surface area contributed by atoms with Crippen LogP contribution >= 0.6 is 0 Å². The van der Waals surface area contributed by atoms with Crippen molar-refractivity contribution in [1.29, 1.82) is 0 Å². The van der Waals surface area contributed by atoms with Gasteiger partial charge < -0.3 is 9.30 Å². The van der Waals surface area contributed by atoms with Gasteiger partial charge in [-0.25, -0.2) is 4.98 Å². The van der Waals surface area contributed by atoms with E-state index < -0.39 is 0 Å². The van der Waals surface area contributed by atoms with Crippen molar-refractivity contribution in [2.75, 3.05) is 0 Å². The molecule has 52 heavy (non-hydrogen) atoms. The Labute approximate surface area is 322 Å². The van der Waals surface area contributed by atoms with Crippen LogP contribution in [0.3, 0.4) is 0 Å². The summed E-state index contributed by atoms with van der Waals surface area (Å²) in [5.74, 6) is 2.97. The zero-order valence-corrected chi connectivity index (χ0v) is 33.7. The number of hydrogen-bond acceptors (Lipinski definition) is 3. The smallest absolute Gasteiger partial charge is 0.509 e. The van der Waals surface area contributed by atoms with Crippen LogP contribution in [-0.4, -0.2) is 19.3 Å². The average molecular weight is 779 g/mol. The number of para-hydroxylation sites is 1. The van der Waals surface area contributed by atoms with E-state index >= 15 is 0 Å². The van der Waals surface area contributed by atoms with Crippen molar-refractivity contribution >= 4 is 21.8 Å². The van der Waals surface area contributed by atoms with E-state index in [1.54, 1.807) is 0 Å². The SMILES string of the molecule is Cc1cc(C(C)C)cc(C)c1-c1c(C)nn(-c2[c-]c(Oc3[c-]c4c(cc3)c3ccccc3n4-c3cc(C(C)C)ccn3)cc(C(C)(C)C)c2)c1C.[Pd+2]. The molecule has 3 heterocycles. The Morgan fingerprint density at radius 2 is 1.40 bits per heavy atom. The third-order valence-corrected chi connectivity index (χ3v) is 10.1. The largest absolute Gasteiger partial charge is 2.00 e. The number of pyridine rings is 1. The number of aromatic nitrogens is 4. The van der Waals surface area contributed by atoms with Gasteiger partial charge in [-0.1, -0.05) is 84.3 Å². The molecule has 0 saturated carbocycles. The van der Waals surface area contributed by atoms with E-state index in [1.165, 1.54) is 33.4 Å². The molecule has 0 aliphatic rings. The minimum atomic E-state index is -0.131. The van der Waals surface area contributed by atoms with Crippen LogP contribution in [0.4, 0.5) is 0 Å². The van der Waals surface area contributed by atoms with Crippen LogP contribution in [0.1, 0.15) is 99.5 Å². The van der Waals surface area contributed by atoms with Crippen molar-refractivity contribution in [3.63, 3.8) is 0 Å². The van der Waals surface area contributed by atoms with Crippen LogP contribution in [0.25, 0.3) is 44.4 Å². The maximum Gasteiger partial charge on any atom is 2.00 e. The third kappa shape index (κ3) is 6.75. The van der Waals surface area contributed by atoms with E-state index in [0.29, 0.717) is 23.3 Å². The molecule has 0 bridgehead atoms. The maximum atomic E-state index is 6.68. The summed E-state index contributed by atoms with van der Waals surface area (Å²) in [6.45, 7) is 24.3. The van der Waals surface area contributed by atoms with Crippen molar-refractivity contribution in [3.05, 3.63) is 130 Å². The average Bonchev–Trinajstić information content (AvgIpc) is 3.56. The molecule has 0 spiro atoms. The van der Waals surface area contributed by atoms with Crippen LogP contribution < -0.4 is 4.74 Å². The van der Waals surface area contributed by atoms with E-state index in [0.717, 1.165) is 50.3 Å². The molecule has 0 N–H and O–H groups in total. The topological polar surface area (TPSA) is 44.9 Å². The number of rotatable bonds is 7. The number of benzene rings is 4. The zero-order valence-electron chi connectivity index (χ0n) is 32.2. The quantitative estimate of drug-likeness (QED) is 0.120. The van der Waals surface area contributed by atoms with Crippen LogP contribution in [0, 0.1) is 39.8 Å². The molecule has 0 radical (unpaired) electrons. The molecule has 0 saturated heterocycles. The fourth-order valence-corrected chi connectivity index (χ4v) is 7.30. The summed E-state index contributed by atoms with van der Waals surface area (Å²) in [5.41, 5.74) is 13.5. The standard InChI is InChI=1S/C46H48N4O.Pd/c1-27(2)33-18-19-47-43(22-33)49-41-15-13-12-14-39(41)40-17-16-37(26-42(40)49)51-38-24-35(46(9,10)11)23-36(25-38)50-32(8)45(31(7)48-50)44-29(5)20-34(28(3)4)21-30(44)6;/h12-24,27-28H,1-11H3;/q-2;+2. The number of nitrogens with zero attached hydrogens (tertiary/aromatic N) is 4. The second-order valence-corrected chi connectivity index (χ2v) is 15.7. The maximum absolute atomic E-state index is 6.68. The second-order valence-electron chi connectivity index (χ2n) is 15.7. The van der Waals surface area contributed by atoms with Crippen LogP contribution in [0.15, 0.2) is 79.0 Å². The van der Waals surface area contributed by atoms with Crippen LogP contribution in [-0.2, 0) is 25.8 Å². The summed E-state index contributed by atoms with van der Waals surface area (Å²) >= 11 is 0. The van der Waals surface area contributed by atoms with Gasteiger partial charge in [-0.15, -0.1) is 41.3 Å². The van der Waals surface area contributed by atoms with Crippen molar-refractivity contribution in [2.45, 2.75) is 93.4 Å². The number of aryl methyl sites for hydroxylation is 3. The van der Waals surface area contributed by atoms with E-state index in [4.69, 9.17) is 14.8 Å².